The second kappa shape index (κ2) is 6.00. The van der Waals surface area contributed by atoms with Crippen LogP contribution in [-0.2, 0) is 17.5 Å². The Kier molecular flexibility index (Phi) is 4.92. The molecule has 0 aromatic heterocycles. The monoisotopic (exact) mass is 250 g/mol. The summed E-state index contributed by atoms with van der Waals surface area (Å²) < 4.78 is 41.8. The van der Waals surface area contributed by atoms with Crippen LogP contribution in [0.15, 0.2) is 24.3 Å². The number of rotatable bonds is 5. The lowest BCUT2D eigenvalue weighted by Crippen LogP contribution is -2.21. The average Bonchev–Trinajstić information content (AvgIpc) is 2.30. The molecule has 17 heavy (non-hydrogen) atoms. The zero-order valence-corrected chi connectivity index (χ0v) is 8.94. The van der Waals surface area contributed by atoms with E-state index in [1.165, 1.54) is 12.1 Å². The van der Waals surface area contributed by atoms with Gasteiger partial charge in [0.25, 0.3) is 0 Å². The van der Waals surface area contributed by atoms with Crippen molar-refractivity contribution < 1.29 is 28.1 Å². The van der Waals surface area contributed by atoms with E-state index in [1.54, 1.807) is 0 Å². The van der Waals surface area contributed by atoms with Gasteiger partial charge in [-0.2, -0.15) is 13.2 Å². The first-order valence-electron chi connectivity index (χ1n) is 4.97. The van der Waals surface area contributed by atoms with Gasteiger partial charge < -0.3 is 14.9 Å². The standard InChI is InChI=1S/C11H13F3O3/c12-11(13,14)9-3-1-8(2-4-9)7-17-10(5-15)6-16/h1-4,10,15-16H,5-7H2. The van der Waals surface area contributed by atoms with Gasteiger partial charge in [0.2, 0.25) is 0 Å². The highest BCUT2D eigenvalue weighted by Crippen LogP contribution is 2.29. The van der Waals surface area contributed by atoms with Crippen molar-refractivity contribution in [1.82, 2.24) is 0 Å². The molecule has 0 aliphatic heterocycles. The minimum Gasteiger partial charge on any atom is -0.394 e. The van der Waals surface area contributed by atoms with E-state index in [-0.39, 0.29) is 19.8 Å². The van der Waals surface area contributed by atoms with E-state index >= 15 is 0 Å². The topological polar surface area (TPSA) is 49.7 Å². The molecule has 6 heteroatoms. The summed E-state index contributed by atoms with van der Waals surface area (Å²) in [5.74, 6) is 0. The SMILES string of the molecule is OCC(CO)OCc1ccc(C(F)(F)F)cc1. The number of aliphatic hydroxyl groups is 2. The molecule has 0 aliphatic rings. The third-order valence-electron chi connectivity index (χ3n) is 2.17. The second-order valence-electron chi connectivity index (χ2n) is 3.49. The smallest absolute Gasteiger partial charge is 0.394 e. The lowest BCUT2D eigenvalue weighted by molar-refractivity contribution is -0.137. The third kappa shape index (κ3) is 4.33. The summed E-state index contributed by atoms with van der Waals surface area (Å²) in [6.45, 7) is -0.627. The fourth-order valence-electron chi connectivity index (χ4n) is 1.17. The fraction of sp³-hybridized carbons (Fsp3) is 0.455. The van der Waals surface area contributed by atoms with Crippen molar-refractivity contribution in [1.29, 1.82) is 0 Å². The molecule has 1 rings (SSSR count). The van der Waals surface area contributed by atoms with E-state index in [2.05, 4.69) is 0 Å². The zero-order valence-electron chi connectivity index (χ0n) is 8.94. The quantitative estimate of drug-likeness (QED) is 0.834. The van der Waals surface area contributed by atoms with Crippen LogP contribution in [0.3, 0.4) is 0 Å². The van der Waals surface area contributed by atoms with Gasteiger partial charge in [-0.15, -0.1) is 0 Å². The van der Waals surface area contributed by atoms with Gasteiger partial charge in [-0.25, -0.2) is 0 Å². The molecule has 3 nitrogen and oxygen atoms in total. The van der Waals surface area contributed by atoms with Crippen molar-refractivity contribution in [3.63, 3.8) is 0 Å². The Balaban J connectivity index is 2.57. The highest BCUT2D eigenvalue weighted by atomic mass is 19.4. The summed E-state index contributed by atoms with van der Waals surface area (Å²) in [5.41, 5.74) is -0.174. The Hall–Kier alpha value is -1.11. The number of benzene rings is 1. The first kappa shape index (κ1) is 14.0. The van der Waals surface area contributed by atoms with Crippen LogP contribution >= 0.6 is 0 Å². The number of hydrogen-bond donors (Lipinski definition) is 2. The van der Waals surface area contributed by atoms with Gasteiger partial charge in [-0.3, -0.25) is 0 Å². The Morgan fingerprint density at radius 3 is 2.00 bits per heavy atom. The zero-order chi connectivity index (χ0) is 12.9. The summed E-state index contributed by atoms with van der Waals surface area (Å²) in [5, 5.41) is 17.4. The summed E-state index contributed by atoms with van der Waals surface area (Å²) in [4.78, 5) is 0. The molecule has 0 atom stereocenters. The molecule has 2 N–H and O–H groups in total. The maximum absolute atomic E-state index is 12.2. The fourth-order valence-corrected chi connectivity index (χ4v) is 1.17. The summed E-state index contributed by atoms with van der Waals surface area (Å²) in [6, 6.07) is 4.53. The molecular formula is C11H13F3O3. The Morgan fingerprint density at radius 1 is 1.06 bits per heavy atom. The van der Waals surface area contributed by atoms with Crippen molar-refractivity contribution in [3.05, 3.63) is 35.4 Å². The van der Waals surface area contributed by atoms with Crippen molar-refractivity contribution in [3.8, 4) is 0 Å². The van der Waals surface area contributed by atoms with E-state index < -0.39 is 17.8 Å². The first-order valence-corrected chi connectivity index (χ1v) is 4.97. The molecule has 0 unspecified atom stereocenters. The molecule has 1 aromatic rings. The van der Waals surface area contributed by atoms with Crippen LogP contribution in [0.5, 0.6) is 0 Å². The third-order valence-corrected chi connectivity index (χ3v) is 2.17. The lowest BCUT2D eigenvalue weighted by Gasteiger charge is -2.13. The van der Waals surface area contributed by atoms with Gasteiger partial charge in [0.1, 0.15) is 6.10 Å². The molecule has 0 saturated heterocycles. The minimum absolute atomic E-state index is 0.0456. The van der Waals surface area contributed by atoms with Crippen LogP contribution in [0, 0.1) is 0 Å². The van der Waals surface area contributed by atoms with Gasteiger partial charge in [0, 0.05) is 0 Å². The summed E-state index contributed by atoms with van der Waals surface area (Å²) in [7, 11) is 0. The van der Waals surface area contributed by atoms with Gasteiger partial charge >= 0.3 is 6.18 Å². The Morgan fingerprint density at radius 2 is 1.59 bits per heavy atom. The lowest BCUT2D eigenvalue weighted by atomic mass is 10.1. The number of hydrogen-bond acceptors (Lipinski definition) is 3. The molecule has 0 bridgehead atoms. The molecule has 0 heterocycles. The van der Waals surface area contributed by atoms with Crippen LogP contribution in [0.25, 0.3) is 0 Å². The minimum atomic E-state index is -4.35. The van der Waals surface area contributed by atoms with Crippen molar-refractivity contribution in [2.75, 3.05) is 13.2 Å². The number of alkyl halides is 3. The van der Waals surface area contributed by atoms with Gasteiger partial charge in [0.05, 0.1) is 25.4 Å². The van der Waals surface area contributed by atoms with E-state index in [0.29, 0.717) is 5.56 Å². The highest BCUT2D eigenvalue weighted by molar-refractivity contribution is 5.24. The number of aliphatic hydroxyl groups excluding tert-OH is 2. The largest absolute Gasteiger partial charge is 0.416 e. The molecule has 0 spiro atoms. The van der Waals surface area contributed by atoms with Crippen molar-refractivity contribution >= 4 is 0 Å². The van der Waals surface area contributed by atoms with E-state index in [4.69, 9.17) is 14.9 Å². The number of ether oxygens (including phenoxy) is 1. The highest BCUT2D eigenvalue weighted by Gasteiger charge is 2.29. The van der Waals surface area contributed by atoms with E-state index in [0.717, 1.165) is 12.1 Å². The van der Waals surface area contributed by atoms with Crippen molar-refractivity contribution in [2.45, 2.75) is 18.9 Å². The second-order valence-corrected chi connectivity index (χ2v) is 3.49. The molecular weight excluding hydrogens is 237 g/mol. The van der Waals surface area contributed by atoms with E-state index in [9.17, 15) is 13.2 Å². The average molecular weight is 250 g/mol. The Bertz CT molecular complexity index is 331. The predicted octanol–water partition coefficient (Wildman–Crippen LogP) is 1.58. The predicted molar refractivity (Wildman–Crippen MR) is 54.2 cm³/mol. The van der Waals surface area contributed by atoms with Gasteiger partial charge in [-0.1, -0.05) is 12.1 Å². The van der Waals surface area contributed by atoms with Gasteiger partial charge in [-0.05, 0) is 17.7 Å². The van der Waals surface area contributed by atoms with Crippen LogP contribution in [0.1, 0.15) is 11.1 Å². The number of halogens is 3. The van der Waals surface area contributed by atoms with Crippen LogP contribution in [0.4, 0.5) is 13.2 Å². The van der Waals surface area contributed by atoms with E-state index in [1.807, 2.05) is 0 Å². The maximum Gasteiger partial charge on any atom is 0.416 e. The first-order chi connectivity index (χ1) is 7.97. The summed E-state index contributed by atoms with van der Waals surface area (Å²) in [6.07, 6.45) is -5.06. The summed E-state index contributed by atoms with van der Waals surface area (Å²) >= 11 is 0. The Labute approximate surface area is 96.5 Å². The van der Waals surface area contributed by atoms with Crippen molar-refractivity contribution in [2.24, 2.45) is 0 Å². The normalized spacial score (nSPS) is 12.1. The molecule has 1 aromatic carbocycles. The molecule has 96 valence electrons. The molecule has 0 saturated carbocycles. The molecule has 0 radical (unpaired) electrons. The van der Waals surface area contributed by atoms with Crippen LogP contribution in [0.2, 0.25) is 0 Å². The van der Waals surface area contributed by atoms with Gasteiger partial charge in [0.15, 0.2) is 0 Å². The molecule has 0 aliphatic carbocycles. The maximum atomic E-state index is 12.2. The van der Waals surface area contributed by atoms with Crippen LogP contribution < -0.4 is 0 Å². The molecule has 0 amide bonds. The van der Waals surface area contributed by atoms with Crippen LogP contribution in [-0.4, -0.2) is 29.5 Å². The molecule has 0 fully saturated rings.